The first-order valence-corrected chi connectivity index (χ1v) is 3.31. The lowest BCUT2D eigenvalue weighted by atomic mass is 10.3. The lowest BCUT2D eigenvalue weighted by Gasteiger charge is -1.99. The molecule has 0 radical (unpaired) electrons. The van der Waals surface area contributed by atoms with Crippen LogP contribution in [0.1, 0.15) is 10.5 Å². The molecule has 0 aliphatic carbocycles. The van der Waals surface area contributed by atoms with Crippen LogP contribution in [0.2, 0.25) is 5.15 Å². The van der Waals surface area contributed by atoms with E-state index in [4.69, 9.17) is 16.3 Å². The molecule has 0 aliphatic rings. The number of nitrogens with zero attached hydrogens (tertiary/aromatic N) is 1. The van der Waals surface area contributed by atoms with E-state index in [0.29, 0.717) is 12.0 Å². The number of carbonyl (C=O) groups is 1. The largest absolute Gasteiger partial charge is 0.497 e. The molecule has 0 fully saturated rings. The fourth-order valence-electron chi connectivity index (χ4n) is 0.671. The van der Waals surface area contributed by atoms with Gasteiger partial charge in [-0.2, -0.15) is 0 Å². The van der Waals surface area contributed by atoms with Crippen molar-refractivity contribution in [1.82, 2.24) is 4.98 Å². The van der Waals surface area contributed by atoms with Crippen molar-refractivity contribution in [2.45, 2.75) is 0 Å². The monoisotopic (exact) mass is 171 g/mol. The van der Waals surface area contributed by atoms with Gasteiger partial charge in [-0.1, -0.05) is 11.6 Å². The lowest BCUT2D eigenvalue weighted by molar-refractivity contribution is 0.111. The van der Waals surface area contributed by atoms with Crippen LogP contribution in [-0.2, 0) is 0 Å². The highest BCUT2D eigenvalue weighted by Crippen LogP contribution is 2.15. The average Bonchev–Trinajstić information content (AvgIpc) is 2.03. The first kappa shape index (κ1) is 8.01. The minimum atomic E-state index is 0.256. The molecule has 1 rings (SSSR count). The summed E-state index contributed by atoms with van der Waals surface area (Å²) in [6.45, 7) is 0. The number of hydrogen-bond donors (Lipinski definition) is 0. The van der Waals surface area contributed by atoms with Crippen molar-refractivity contribution in [3.8, 4) is 5.75 Å². The zero-order valence-corrected chi connectivity index (χ0v) is 6.63. The number of carbonyl (C=O) groups excluding carboxylic acids is 1. The summed E-state index contributed by atoms with van der Waals surface area (Å²) in [5.74, 6) is 0.534. The van der Waals surface area contributed by atoms with E-state index in [-0.39, 0.29) is 10.8 Å². The molecule has 58 valence electrons. The molecule has 0 amide bonds. The molecule has 0 aromatic carbocycles. The number of methoxy groups -OCH3 is 1. The van der Waals surface area contributed by atoms with Crippen molar-refractivity contribution in [3.05, 3.63) is 23.0 Å². The van der Waals surface area contributed by atoms with Crippen molar-refractivity contribution >= 4 is 17.9 Å². The summed E-state index contributed by atoms with van der Waals surface area (Å²) in [4.78, 5) is 14.0. The van der Waals surface area contributed by atoms with E-state index < -0.39 is 0 Å². The maximum Gasteiger partial charge on any atom is 0.168 e. The highest BCUT2D eigenvalue weighted by atomic mass is 35.5. The van der Waals surface area contributed by atoms with Crippen LogP contribution in [-0.4, -0.2) is 18.4 Å². The minimum absolute atomic E-state index is 0.256. The van der Waals surface area contributed by atoms with Crippen LogP contribution in [0.25, 0.3) is 0 Å². The van der Waals surface area contributed by atoms with Gasteiger partial charge in [0.25, 0.3) is 0 Å². The van der Waals surface area contributed by atoms with Gasteiger partial charge in [0.2, 0.25) is 0 Å². The summed E-state index contributed by atoms with van der Waals surface area (Å²) in [7, 11) is 1.50. The van der Waals surface area contributed by atoms with E-state index in [0.717, 1.165) is 0 Å². The summed E-state index contributed by atoms with van der Waals surface area (Å²) < 4.78 is 4.85. The number of ether oxygens (including phenoxy) is 1. The van der Waals surface area contributed by atoms with Gasteiger partial charge in [0.05, 0.1) is 7.11 Å². The number of pyridine rings is 1. The van der Waals surface area contributed by atoms with Crippen molar-refractivity contribution in [2.24, 2.45) is 0 Å². The van der Waals surface area contributed by atoms with E-state index in [9.17, 15) is 4.79 Å². The zero-order chi connectivity index (χ0) is 8.27. The maximum atomic E-state index is 10.3. The molecule has 3 nitrogen and oxygen atoms in total. The number of halogens is 1. The van der Waals surface area contributed by atoms with Crippen molar-refractivity contribution in [3.63, 3.8) is 0 Å². The van der Waals surface area contributed by atoms with E-state index >= 15 is 0 Å². The van der Waals surface area contributed by atoms with Crippen LogP contribution in [0.15, 0.2) is 12.1 Å². The predicted molar refractivity (Wildman–Crippen MR) is 41.2 cm³/mol. The van der Waals surface area contributed by atoms with Crippen LogP contribution in [0.3, 0.4) is 0 Å². The summed E-state index contributed by atoms with van der Waals surface area (Å²) >= 11 is 5.56. The summed E-state index contributed by atoms with van der Waals surface area (Å²) in [5.41, 5.74) is 0.273. The lowest BCUT2D eigenvalue weighted by Crippen LogP contribution is -1.90. The standard InChI is InChI=1S/C7H6ClNO2/c1-11-6-2-5(4-10)9-7(8)3-6/h2-4H,1H3. The Bertz CT molecular complexity index is 275. The zero-order valence-electron chi connectivity index (χ0n) is 5.87. The van der Waals surface area contributed by atoms with Gasteiger partial charge in [-0.25, -0.2) is 4.98 Å². The SMILES string of the molecule is COc1cc(Cl)nc(C=O)c1. The van der Waals surface area contributed by atoms with Crippen molar-refractivity contribution in [2.75, 3.05) is 7.11 Å². The summed E-state index contributed by atoms with van der Waals surface area (Å²) in [6, 6.07) is 3.05. The van der Waals surface area contributed by atoms with Gasteiger partial charge in [0.15, 0.2) is 6.29 Å². The molecular formula is C7H6ClNO2. The molecular weight excluding hydrogens is 166 g/mol. The number of aromatic nitrogens is 1. The van der Waals surface area contributed by atoms with Gasteiger partial charge < -0.3 is 4.74 Å². The molecule has 0 aliphatic heterocycles. The Balaban J connectivity index is 3.11. The van der Waals surface area contributed by atoms with Crippen LogP contribution in [0.5, 0.6) is 5.75 Å². The minimum Gasteiger partial charge on any atom is -0.497 e. The molecule has 1 aromatic heterocycles. The number of hydrogen-bond acceptors (Lipinski definition) is 3. The van der Waals surface area contributed by atoms with Gasteiger partial charge >= 0.3 is 0 Å². The van der Waals surface area contributed by atoms with Gasteiger partial charge in [-0.15, -0.1) is 0 Å². The van der Waals surface area contributed by atoms with E-state index in [1.165, 1.54) is 19.2 Å². The second-order valence-corrected chi connectivity index (χ2v) is 2.26. The second-order valence-electron chi connectivity index (χ2n) is 1.87. The van der Waals surface area contributed by atoms with E-state index in [1.807, 2.05) is 0 Å². The molecule has 11 heavy (non-hydrogen) atoms. The van der Waals surface area contributed by atoms with Crippen LogP contribution in [0, 0.1) is 0 Å². The molecule has 0 atom stereocenters. The Labute approximate surface area is 69.0 Å². The van der Waals surface area contributed by atoms with E-state index in [1.54, 1.807) is 0 Å². The Morgan fingerprint density at radius 3 is 2.91 bits per heavy atom. The molecule has 0 N–H and O–H groups in total. The third-order valence-corrected chi connectivity index (χ3v) is 1.34. The quantitative estimate of drug-likeness (QED) is 0.501. The Morgan fingerprint density at radius 1 is 1.64 bits per heavy atom. The molecule has 0 unspecified atom stereocenters. The first-order valence-electron chi connectivity index (χ1n) is 2.93. The smallest absolute Gasteiger partial charge is 0.168 e. The van der Waals surface area contributed by atoms with E-state index in [2.05, 4.69) is 4.98 Å². The topological polar surface area (TPSA) is 39.2 Å². The van der Waals surface area contributed by atoms with Gasteiger partial charge in [0, 0.05) is 12.1 Å². The van der Waals surface area contributed by atoms with Gasteiger partial charge in [-0.3, -0.25) is 4.79 Å². The Hall–Kier alpha value is -1.09. The molecule has 0 saturated carbocycles. The number of aldehydes is 1. The van der Waals surface area contributed by atoms with Gasteiger partial charge in [0.1, 0.15) is 16.6 Å². The molecule has 1 aromatic rings. The Morgan fingerprint density at radius 2 is 2.36 bits per heavy atom. The maximum absolute atomic E-state index is 10.3. The summed E-state index contributed by atoms with van der Waals surface area (Å²) in [6.07, 6.45) is 0.619. The normalized spacial score (nSPS) is 9.27. The molecule has 0 saturated heterocycles. The molecule has 0 spiro atoms. The highest BCUT2D eigenvalue weighted by molar-refractivity contribution is 6.29. The summed E-state index contributed by atoms with van der Waals surface area (Å²) in [5, 5.41) is 0.256. The first-order chi connectivity index (χ1) is 5.26. The predicted octanol–water partition coefficient (Wildman–Crippen LogP) is 1.56. The van der Waals surface area contributed by atoms with Crippen LogP contribution < -0.4 is 4.74 Å². The Kier molecular flexibility index (Phi) is 2.44. The van der Waals surface area contributed by atoms with Crippen LogP contribution in [0.4, 0.5) is 0 Å². The highest BCUT2D eigenvalue weighted by Gasteiger charge is 1.98. The fraction of sp³-hybridized carbons (Fsp3) is 0.143. The molecule has 4 heteroatoms. The third kappa shape index (κ3) is 1.91. The van der Waals surface area contributed by atoms with Crippen LogP contribution >= 0.6 is 11.6 Å². The van der Waals surface area contributed by atoms with Crippen molar-refractivity contribution < 1.29 is 9.53 Å². The fourth-order valence-corrected chi connectivity index (χ4v) is 0.876. The third-order valence-electron chi connectivity index (χ3n) is 1.14. The molecule has 1 heterocycles. The second kappa shape index (κ2) is 3.34. The average molecular weight is 172 g/mol. The molecule has 0 bridgehead atoms. The number of rotatable bonds is 2. The van der Waals surface area contributed by atoms with Crippen molar-refractivity contribution in [1.29, 1.82) is 0 Å². The van der Waals surface area contributed by atoms with Gasteiger partial charge in [-0.05, 0) is 0 Å².